The third-order valence-corrected chi connectivity index (χ3v) is 12.9. The van der Waals surface area contributed by atoms with E-state index in [4.69, 9.17) is 14.1 Å². The van der Waals surface area contributed by atoms with Gasteiger partial charge in [-0.15, -0.1) is 0 Å². The molecule has 194 valence electrons. The predicted octanol–water partition coefficient (Wildman–Crippen LogP) is 8.11. The highest BCUT2D eigenvalue weighted by molar-refractivity contribution is 9.10. The molecule has 0 radical (unpaired) electrons. The van der Waals surface area contributed by atoms with Gasteiger partial charge in [-0.25, -0.2) is 9.97 Å². The van der Waals surface area contributed by atoms with Crippen LogP contribution in [-0.4, -0.2) is 41.7 Å². The Bertz CT molecular complexity index is 1200. The maximum Gasteiger partial charge on any atom is 0.227 e. The second-order valence-corrected chi connectivity index (χ2v) is 17.5. The van der Waals surface area contributed by atoms with E-state index in [1.807, 2.05) is 36.7 Å². The van der Waals surface area contributed by atoms with Gasteiger partial charge in [-0.2, -0.15) is 11.8 Å². The highest BCUT2D eigenvalue weighted by Gasteiger charge is 2.40. The fourth-order valence-corrected chi connectivity index (χ4v) is 6.45. The molecule has 4 rings (SSSR count). The first-order valence-corrected chi connectivity index (χ1v) is 17.7. The van der Waals surface area contributed by atoms with Gasteiger partial charge in [-0.3, -0.25) is 4.98 Å². The Morgan fingerprint density at radius 1 is 1.08 bits per heavy atom. The van der Waals surface area contributed by atoms with Gasteiger partial charge in [-0.05, 0) is 90.3 Å². The molecule has 0 spiro atoms. The molecule has 1 saturated carbocycles. The lowest BCUT2D eigenvalue weighted by Gasteiger charge is -2.41. The van der Waals surface area contributed by atoms with Crippen LogP contribution in [0.15, 0.2) is 41.1 Å². The van der Waals surface area contributed by atoms with E-state index >= 15 is 0 Å². The Morgan fingerprint density at radius 2 is 1.81 bits per heavy atom. The van der Waals surface area contributed by atoms with Gasteiger partial charge in [0.1, 0.15) is 5.52 Å². The van der Waals surface area contributed by atoms with Crippen molar-refractivity contribution >= 4 is 58.5 Å². The van der Waals surface area contributed by atoms with Crippen LogP contribution < -0.4 is 10.1 Å². The van der Waals surface area contributed by atoms with Crippen LogP contribution in [0.2, 0.25) is 18.1 Å². The summed E-state index contributed by atoms with van der Waals surface area (Å²) in [6, 6.07) is 7.99. The summed E-state index contributed by atoms with van der Waals surface area (Å²) in [7, 11) is -1.76. The number of fused-ring (bicyclic) bond motifs is 1. The van der Waals surface area contributed by atoms with Gasteiger partial charge in [0.15, 0.2) is 14.1 Å². The van der Waals surface area contributed by atoms with Crippen LogP contribution in [0.5, 0.6) is 5.75 Å². The van der Waals surface area contributed by atoms with E-state index in [1.54, 1.807) is 11.8 Å². The number of anilines is 2. The minimum atomic E-state index is -1.76. The normalized spacial score (nSPS) is 18.9. The average molecular weight is 590 g/mol. The van der Waals surface area contributed by atoms with E-state index in [2.05, 4.69) is 71.3 Å². The molecule has 3 aromatic rings. The zero-order chi connectivity index (χ0) is 25.9. The van der Waals surface area contributed by atoms with E-state index in [1.165, 1.54) is 0 Å². The highest BCUT2D eigenvalue weighted by Crippen LogP contribution is 2.40. The zero-order valence-corrected chi connectivity index (χ0v) is 25.5. The van der Waals surface area contributed by atoms with Gasteiger partial charge in [0.25, 0.3) is 0 Å². The maximum atomic E-state index is 6.67. The molecular weight excluding hydrogens is 552 g/mol. The number of aromatic nitrogens is 3. The summed E-state index contributed by atoms with van der Waals surface area (Å²) in [6.07, 6.45) is 10.2. The zero-order valence-electron chi connectivity index (χ0n) is 22.1. The molecule has 1 aromatic carbocycles. The van der Waals surface area contributed by atoms with Crippen molar-refractivity contribution < 1.29 is 9.16 Å². The topological polar surface area (TPSA) is 69.2 Å². The van der Waals surface area contributed by atoms with Crippen LogP contribution in [0.1, 0.15) is 52.1 Å². The molecule has 36 heavy (non-hydrogen) atoms. The van der Waals surface area contributed by atoms with Gasteiger partial charge < -0.3 is 14.5 Å². The third-order valence-electron chi connectivity index (χ3n) is 7.20. The van der Waals surface area contributed by atoms with E-state index in [0.717, 1.165) is 63.9 Å². The van der Waals surface area contributed by atoms with Crippen molar-refractivity contribution in [2.75, 3.05) is 11.6 Å². The summed E-state index contributed by atoms with van der Waals surface area (Å²) in [5.74, 6) is 2.19. The van der Waals surface area contributed by atoms with Crippen LogP contribution >= 0.6 is 27.7 Å². The minimum absolute atomic E-state index is 0.145. The van der Waals surface area contributed by atoms with Gasteiger partial charge in [0.05, 0.1) is 16.3 Å². The molecule has 1 N–H and O–H groups in total. The van der Waals surface area contributed by atoms with Gasteiger partial charge >= 0.3 is 0 Å². The van der Waals surface area contributed by atoms with Crippen molar-refractivity contribution in [3.8, 4) is 5.75 Å². The van der Waals surface area contributed by atoms with Crippen molar-refractivity contribution in [3.05, 3.63) is 46.8 Å². The molecule has 0 amide bonds. The number of ether oxygens (including phenoxy) is 1. The van der Waals surface area contributed by atoms with Gasteiger partial charge in [0.2, 0.25) is 5.95 Å². The van der Waals surface area contributed by atoms with Crippen LogP contribution in [0, 0.1) is 0 Å². The first-order chi connectivity index (χ1) is 17.1. The molecule has 0 bridgehead atoms. The summed E-state index contributed by atoms with van der Waals surface area (Å²) in [6.45, 7) is 11.6. The molecule has 0 unspecified atom stereocenters. The average Bonchev–Trinajstić information content (AvgIpc) is 2.82. The van der Waals surface area contributed by atoms with E-state index in [9.17, 15) is 0 Å². The molecule has 2 heterocycles. The third kappa shape index (κ3) is 6.60. The smallest absolute Gasteiger partial charge is 0.227 e. The van der Waals surface area contributed by atoms with Gasteiger partial charge in [0, 0.05) is 35.3 Å². The quantitative estimate of drug-likeness (QED) is 0.266. The summed E-state index contributed by atoms with van der Waals surface area (Å²) >= 11 is 5.45. The van der Waals surface area contributed by atoms with E-state index < -0.39 is 8.32 Å². The molecule has 9 heteroatoms. The Kier molecular flexibility index (Phi) is 8.64. The number of nitrogens with one attached hydrogen (secondary N) is 1. The van der Waals surface area contributed by atoms with Crippen molar-refractivity contribution in [2.24, 2.45) is 0 Å². The number of thioether (sulfide) groups is 1. The molecule has 0 saturated heterocycles. The fourth-order valence-electron chi connectivity index (χ4n) is 4.16. The number of hydrogen-bond acceptors (Lipinski definition) is 7. The summed E-state index contributed by atoms with van der Waals surface area (Å²) in [5, 5.41) is 4.51. The molecule has 1 aliphatic rings. The lowest BCUT2D eigenvalue weighted by Crippen LogP contribution is -2.45. The second-order valence-electron chi connectivity index (χ2n) is 11.0. The molecule has 1 aliphatic carbocycles. The standard InChI is InChI=1S/C27H37BrN4O2SSi/c1-27(2,3)36(5,6)34-22-10-8-21(9-11-22)33-25-23(28)12-7-18-16-30-26(32-24(18)25)31-19-13-14-29-20(15-19)17-35-4/h7,12-16,21-22H,8-11,17H2,1-6H3,(H,29,30,31,32)/t21-,22+. The maximum absolute atomic E-state index is 6.67. The first-order valence-electron chi connectivity index (χ1n) is 12.6. The Morgan fingerprint density at radius 3 is 2.50 bits per heavy atom. The van der Waals surface area contributed by atoms with Crippen LogP contribution in [0.25, 0.3) is 10.9 Å². The van der Waals surface area contributed by atoms with Crippen LogP contribution in [0.4, 0.5) is 11.6 Å². The van der Waals surface area contributed by atoms with E-state index in [-0.39, 0.29) is 11.1 Å². The summed E-state index contributed by atoms with van der Waals surface area (Å²) in [5.41, 5.74) is 2.75. The molecule has 0 aliphatic heterocycles. The molecule has 0 atom stereocenters. The first kappa shape index (κ1) is 27.4. The molecule has 6 nitrogen and oxygen atoms in total. The molecule has 1 fully saturated rings. The van der Waals surface area contributed by atoms with E-state index in [0.29, 0.717) is 12.1 Å². The predicted molar refractivity (Wildman–Crippen MR) is 157 cm³/mol. The largest absolute Gasteiger partial charge is 0.487 e. The number of halogens is 1. The number of hydrogen-bond donors (Lipinski definition) is 1. The van der Waals surface area contributed by atoms with Crippen LogP contribution in [0.3, 0.4) is 0 Å². The summed E-state index contributed by atoms with van der Waals surface area (Å²) < 4.78 is 14.2. The van der Waals surface area contributed by atoms with Crippen molar-refractivity contribution in [3.63, 3.8) is 0 Å². The summed E-state index contributed by atoms with van der Waals surface area (Å²) in [4.78, 5) is 13.8. The Hall–Kier alpha value is -1.68. The number of nitrogens with zero attached hydrogens (tertiary/aromatic N) is 3. The van der Waals surface area contributed by atoms with Gasteiger partial charge in [-0.1, -0.05) is 20.8 Å². The number of rotatable bonds is 8. The van der Waals surface area contributed by atoms with Crippen molar-refractivity contribution in [1.29, 1.82) is 0 Å². The molecule has 2 aromatic heterocycles. The highest BCUT2D eigenvalue weighted by atomic mass is 79.9. The second kappa shape index (κ2) is 11.4. The fraction of sp³-hybridized carbons (Fsp3) is 0.519. The Labute approximate surface area is 228 Å². The number of pyridine rings is 1. The minimum Gasteiger partial charge on any atom is -0.487 e. The van der Waals surface area contributed by atoms with Crippen molar-refractivity contribution in [2.45, 2.75) is 82.5 Å². The SMILES string of the molecule is CSCc1cc(Nc2ncc3ccc(Br)c(O[C@H]4CC[C@@H](O[Si](C)(C)C(C)(C)C)CC4)c3n2)ccn1. The lowest BCUT2D eigenvalue weighted by molar-refractivity contribution is 0.0729. The Balaban J connectivity index is 1.48. The molecular formula is C27H37BrN4O2SSi. The monoisotopic (exact) mass is 588 g/mol. The van der Waals surface area contributed by atoms with Crippen LogP contribution in [-0.2, 0) is 10.2 Å². The number of benzene rings is 1. The lowest BCUT2D eigenvalue weighted by atomic mass is 9.95. The van der Waals surface area contributed by atoms with Crippen molar-refractivity contribution in [1.82, 2.24) is 15.0 Å².